The molecule has 98 valence electrons. The SMILES string of the molecule is N#Cc1ccc(NCCSC(F)(F)F)c(F)c1F. The summed E-state index contributed by atoms with van der Waals surface area (Å²) in [6.45, 7) is -0.174. The van der Waals surface area contributed by atoms with E-state index in [-0.39, 0.29) is 29.7 Å². The lowest BCUT2D eigenvalue weighted by Crippen LogP contribution is -2.11. The second-order valence-electron chi connectivity index (χ2n) is 3.12. The molecule has 18 heavy (non-hydrogen) atoms. The molecule has 0 bridgehead atoms. The van der Waals surface area contributed by atoms with Gasteiger partial charge in [-0.3, -0.25) is 0 Å². The molecule has 0 fully saturated rings. The lowest BCUT2D eigenvalue weighted by atomic mass is 10.2. The molecular weight excluding hydrogens is 275 g/mol. The molecule has 2 nitrogen and oxygen atoms in total. The molecular formula is C10H7F5N2S. The Hall–Kier alpha value is -1.49. The highest BCUT2D eigenvalue weighted by atomic mass is 32.2. The molecule has 0 unspecified atom stereocenters. The van der Waals surface area contributed by atoms with E-state index < -0.39 is 22.7 Å². The van der Waals surface area contributed by atoms with Crippen molar-refractivity contribution in [1.29, 1.82) is 5.26 Å². The van der Waals surface area contributed by atoms with Gasteiger partial charge in [0.05, 0.1) is 11.3 Å². The molecule has 0 atom stereocenters. The van der Waals surface area contributed by atoms with Gasteiger partial charge in [-0.25, -0.2) is 8.78 Å². The second-order valence-corrected chi connectivity index (χ2v) is 4.28. The Morgan fingerprint density at radius 3 is 2.44 bits per heavy atom. The third-order valence-corrected chi connectivity index (χ3v) is 2.62. The van der Waals surface area contributed by atoms with Crippen LogP contribution in [0, 0.1) is 23.0 Å². The molecule has 0 amide bonds. The van der Waals surface area contributed by atoms with Crippen molar-refractivity contribution in [3.8, 4) is 6.07 Å². The minimum absolute atomic E-state index is 0.174. The molecule has 0 spiro atoms. The zero-order chi connectivity index (χ0) is 13.8. The molecule has 1 N–H and O–H groups in total. The first-order valence-electron chi connectivity index (χ1n) is 4.68. The van der Waals surface area contributed by atoms with Gasteiger partial charge in [-0.05, 0) is 23.9 Å². The van der Waals surface area contributed by atoms with Gasteiger partial charge in [0.2, 0.25) is 0 Å². The van der Waals surface area contributed by atoms with Crippen molar-refractivity contribution >= 4 is 17.4 Å². The highest BCUT2D eigenvalue weighted by Gasteiger charge is 2.27. The quantitative estimate of drug-likeness (QED) is 0.678. The average molecular weight is 282 g/mol. The number of rotatable bonds is 4. The van der Waals surface area contributed by atoms with Crippen molar-refractivity contribution in [3.63, 3.8) is 0 Å². The number of thioether (sulfide) groups is 1. The highest BCUT2D eigenvalue weighted by molar-refractivity contribution is 8.00. The van der Waals surface area contributed by atoms with Crippen LogP contribution in [0.4, 0.5) is 27.6 Å². The van der Waals surface area contributed by atoms with Gasteiger partial charge in [0.25, 0.3) is 0 Å². The fourth-order valence-corrected chi connectivity index (χ4v) is 1.56. The Morgan fingerprint density at radius 1 is 1.22 bits per heavy atom. The summed E-state index contributed by atoms with van der Waals surface area (Å²) in [4.78, 5) is 0. The summed E-state index contributed by atoms with van der Waals surface area (Å²) in [6.07, 6.45) is 0. The van der Waals surface area contributed by atoms with E-state index in [1.165, 1.54) is 6.07 Å². The smallest absolute Gasteiger partial charge is 0.382 e. The van der Waals surface area contributed by atoms with E-state index in [9.17, 15) is 22.0 Å². The first-order valence-corrected chi connectivity index (χ1v) is 5.66. The van der Waals surface area contributed by atoms with E-state index in [4.69, 9.17) is 5.26 Å². The molecule has 0 radical (unpaired) electrons. The van der Waals surface area contributed by atoms with Crippen LogP contribution in [-0.2, 0) is 0 Å². The molecule has 0 saturated heterocycles. The zero-order valence-electron chi connectivity index (χ0n) is 8.81. The van der Waals surface area contributed by atoms with Crippen LogP contribution >= 0.6 is 11.8 Å². The van der Waals surface area contributed by atoms with Crippen molar-refractivity contribution in [2.45, 2.75) is 5.51 Å². The predicted molar refractivity (Wildman–Crippen MR) is 58.1 cm³/mol. The third kappa shape index (κ3) is 4.07. The minimum atomic E-state index is -4.35. The Bertz CT molecular complexity index is 467. The maximum Gasteiger partial charge on any atom is 0.441 e. The van der Waals surface area contributed by atoms with Crippen LogP contribution in [0.3, 0.4) is 0 Å². The van der Waals surface area contributed by atoms with Crippen LogP contribution in [-0.4, -0.2) is 17.8 Å². The molecule has 8 heteroatoms. The maximum atomic E-state index is 13.3. The number of hydrogen-bond acceptors (Lipinski definition) is 3. The van der Waals surface area contributed by atoms with Gasteiger partial charge in [-0.15, -0.1) is 0 Å². The summed E-state index contributed by atoms with van der Waals surface area (Å²) >= 11 is -0.261. The van der Waals surface area contributed by atoms with Gasteiger partial charge >= 0.3 is 5.51 Å². The maximum absolute atomic E-state index is 13.3. The summed E-state index contributed by atoms with van der Waals surface area (Å²) < 4.78 is 61.8. The number of hydrogen-bond donors (Lipinski definition) is 1. The molecule has 0 aliphatic carbocycles. The Labute approximate surface area is 104 Å². The number of anilines is 1. The van der Waals surface area contributed by atoms with Crippen molar-refractivity contribution in [2.75, 3.05) is 17.6 Å². The van der Waals surface area contributed by atoms with E-state index >= 15 is 0 Å². The number of nitrogens with zero attached hydrogens (tertiary/aromatic N) is 1. The number of nitrogens with one attached hydrogen (secondary N) is 1. The lowest BCUT2D eigenvalue weighted by Gasteiger charge is -2.09. The van der Waals surface area contributed by atoms with Crippen LogP contribution < -0.4 is 5.32 Å². The van der Waals surface area contributed by atoms with Crippen LogP contribution in [0.5, 0.6) is 0 Å². The lowest BCUT2D eigenvalue weighted by molar-refractivity contribution is -0.0327. The number of benzene rings is 1. The van der Waals surface area contributed by atoms with Gasteiger partial charge in [-0.2, -0.15) is 18.4 Å². The monoisotopic (exact) mass is 282 g/mol. The third-order valence-electron chi connectivity index (χ3n) is 1.89. The Morgan fingerprint density at radius 2 is 1.89 bits per heavy atom. The minimum Gasteiger partial charge on any atom is -0.382 e. The Balaban J connectivity index is 2.59. The van der Waals surface area contributed by atoms with E-state index in [0.717, 1.165) is 12.1 Å². The first kappa shape index (κ1) is 14.6. The number of halogens is 5. The van der Waals surface area contributed by atoms with Crippen molar-refractivity contribution in [1.82, 2.24) is 0 Å². The average Bonchev–Trinajstić information content (AvgIpc) is 2.28. The number of nitriles is 1. The molecule has 1 aromatic carbocycles. The summed E-state index contributed by atoms with van der Waals surface area (Å²) in [5.74, 6) is -2.91. The summed E-state index contributed by atoms with van der Waals surface area (Å²) in [5, 5.41) is 10.8. The molecule has 0 aliphatic rings. The zero-order valence-corrected chi connectivity index (χ0v) is 9.63. The fraction of sp³-hybridized carbons (Fsp3) is 0.300. The second kappa shape index (κ2) is 5.91. The highest BCUT2D eigenvalue weighted by Crippen LogP contribution is 2.29. The standard InChI is InChI=1S/C10H7F5N2S/c11-8-6(5-16)1-2-7(9(8)12)17-3-4-18-10(13,14)15/h1-2,17H,3-4H2. The van der Waals surface area contributed by atoms with Gasteiger partial charge in [0, 0.05) is 12.3 Å². The normalized spacial score (nSPS) is 11.1. The van der Waals surface area contributed by atoms with E-state index in [0.29, 0.717) is 0 Å². The van der Waals surface area contributed by atoms with Crippen LogP contribution in [0.2, 0.25) is 0 Å². The molecule has 1 rings (SSSR count). The molecule has 1 aromatic rings. The fourth-order valence-electron chi connectivity index (χ4n) is 1.12. The summed E-state index contributed by atoms with van der Waals surface area (Å²) in [6, 6.07) is 3.61. The molecule has 0 saturated carbocycles. The van der Waals surface area contributed by atoms with Gasteiger partial charge in [0.1, 0.15) is 6.07 Å². The number of alkyl halides is 3. The van der Waals surface area contributed by atoms with Crippen LogP contribution in [0.25, 0.3) is 0 Å². The largest absolute Gasteiger partial charge is 0.441 e. The topological polar surface area (TPSA) is 35.8 Å². The van der Waals surface area contributed by atoms with Crippen molar-refractivity contribution < 1.29 is 22.0 Å². The van der Waals surface area contributed by atoms with Crippen LogP contribution in [0.1, 0.15) is 5.56 Å². The Kier molecular flexibility index (Phi) is 4.78. The predicted octanol–water partition coefficient (Wildman–Crippen LogP) is 3.50. The first-order chi connectivity index (χ1) is 8.35. The summed E-state index contributed by atoms with van der Waals surface area (Å²) in [5.41, 5.74) is -5.08. The van der Waals surface area contributed by atoms with Crippen molar-refractivity contribution in [3.05, 3.63) is 29.3 Å². The van der Waals surface area contributed by atoms with E-state index in [1.54, 1.807) is 0 Å². The molecule has 0 heterocycles. The van der Waals surface area contributed by atoms with E-state index in [2.05, 4.69) is 5.32 Å². The van der Waals surface area contributed by atoms with Gasteiger partial charge < -0.3 is 5.32 Å². The van der Waals surface area contributed by atoms with Gasteiger partial charge in [0.15, 0.2) is 11.6 Å². The molecule has 0 aromatic heterocycles. The van der Waals surface area contributed by atoms with Crippen LogP contribution in [0.15, 0.2) is 12.1 Å². The molecule has 0 aliphatic heterocycles. The van der Waals surface area contributed by atoms with Gasteiger partial charge in [-0.1, -0.05) is 0 Å². The van der Waals surface area contributed by atoms with E-state index in [1.807, 2.05) is 0 Å². The van der Waals surface area contributed by atoms with Crippen molar-refractivity contribution in [2.24, 2.45) is 0 Å². The summed E-state index contributed by atoms with van der Waals surface area (Å²) in [7, 11) is 0.